The monoisotopic (exact) mass is 731 g/mol. The molecule has 1 atom stereocenters. The highest BCUT2D eigenvalue weighted by Crippen LogP contribution is 2.32. The summed E-state index contributed by atoms with van der Waals surface area (Å²) in [4.78, 5) is 64.7. The molecule has 0 saturated carbocycles. The Kier molecular flexibility index (Phi) is 12.0. The van der Waals surface area contributed by atoms with Gasteiger partial charge in [0.05, 0.1) is 11.1 Å². The molecule has 4 rings (SSSR count). The van der Waals surface area contributed by atoms with Crippen LogP contribution in [0.25, 0.3) is 0 Å². The average molecular weight is 732 g/mol. The molecule has 0 bridgehead atoms. The van der Waals surface area contributed by atoms with E-state index in [0.29, 0.717) is 0 Å². The van der Waals surface area contributed by atoms with Crippen LogP contribution in [-0.2, 0) is 44.6 Å². The molecule has 0 aliphatic rings. The zero-order valence-electron chi connectivity index (χ0n) is 29.0. The molecule has 0 aromatic heterocycles. The lowest BCUT2D eigenvalue weighted by molar-refractivity contribution is -0.155. The zero-order valence-corrected chi connectivity index (χ0v) is 29.8. The van der Waals surface area contributed by atoms with E-state index in [2.05, 4.69) is 0 Å². The highest BCUT2D eigenvalue weighted by atomic mass is 32.2. The van der Waals surface area contributed by atoms with E-state index in [0.717, 1.165) is 5.56 Å². The molecule has 0 radical (unpaired) electrons. The normalized spacial score (nSPS) is 12.2. The van der Waals surface area contributed by atoms with E-state index in [9.17, 15) is 32.4 Å². The molecule has 0 aliphatic carbocycles. The van der Waals surface area contributed by atoms with Crippen molar-refractivity contribution in [1.82, 2.24) is 0 Å². The molecule has 13 nitrogen and oxygen atoms in total. The van der Waals surface area contributed by atoms with E-state index in [-0.39, 0.29) is 39.5 Å². The van der Waals surface area contributed by atoms with Crippen LogP contribution in [0.4, 0.5) is 0 Å². The van der Waals surface area contributed by atoms with Crippen LogP contribution >= 0.6 is 0 Å². The number of benzene rings is 4. The predicted molar refractivity (Wildman–Crippen MR) is 186 cm³/mol. The minimum Gasteiger partial charge on any atom is -0.444 e. The first-order chi connectivity index (χ1) is 24.4. The Morgan fingerprint density at radius 3 is 1.60 bits per heavy atom. The van der Waals surface area contributed by atoms with Gasteiger partial charge in [-0.1, -0.05) is 60.2 Å². The van der Waals surface area contributed by atoms with Crippen molar-refractivity contribution < 1.29 is 55.5 Å². The molecule has 52 heavy (non-hydrogen) atoms. The Morgan fingerprint density at radius 1 is 0.654 bits per heavy atom. The second-order valence-electron chi connectivity index (χ2n) is 12.6. The molecule has 0 saturated heterocycles. The third-order valence-electron chi connectivity index (χ3n) is 7.37. The molecular weight excluding hydrogens is 694 g/mol. The summed E-state index contributed by atoms with van der Waals surface area (Å²) in [6.07, 6.45) is -0.312. The van der Waals surface area contributed by atoms with Gasteiger partial charge in [-0.25, -0.2) is 24.0 Å². The fourth-order valence-electron chi connectivity index (χ4n) is 4.36. The smallest absolute Gasteiger partial charge is 0.355 e. The third-order valence-corrected chi connectivity index (χ3v) is 8.60. The average Bonchev–Trinajstić information content (AvgIpc) is 3.09. The summed E-state index contributed by atoms with van der Waals surface area (Å²) in [6, 6.07) is 23.9. The van der Waals surface area contributed by atoms with Crippen LogP contribution in [0.1, 0.15) is 59.5 Å². The largest absolute Gasteiger partial charge is 0.444 e. The Labute approximate surface area is 300 Å². The number of carbonyl (C=O) groups excluding carboxylic acids is 5. The van der Waals surface area contributed by atoms with Crippen LogP contribution in [0, 0.1) is 6.92 Å². The van der Waals surface area contributed by atoms with Crippen molar-refractivity contribution in [3.05, 3.63) is 125 Å². The van der Waals surface area contributed by atoms with Gasteiger partial charge in [-0.2, -0.15) is 8.42 Å². The van der Waals surface area contributed by atoms with Gasteiger partial charge in [-0.3, -0.25) is 0 Å². The van der Waals surface area contributed by atoms with Crippen LogP contribution < -0.4 is 15.2 Å². The lowest BCUT2D eigenvalue weighted by atomic mass is 10.1. The minimum absolute atomic E-state index is 0.178. The molecule has 4 aromatic carbocycles. The molecule has 0 unspecified atom stereocenters. The van der Waals surface area contributed by atoms with Crippen molar-refractivity contribution in [3.8, 4) is 11.5 Å². The molecule has 14 heteroatoms. The Bertz CT molecular complexity index is 2060. The number of aryl methyl sites for hydroxylation is 1. The van der Waals surface area contributed by atoms with E-state index < -0.39 is 57.2 Å². The standard InChI is InChI=1S/C38H37NO12S/c1-24-16-19-28(20-17-24)52(45,46)51-34(42)29(39)22-25-18-21-30(47-35(43)37(2,3)49-32(40)26-12-8-6-9-13-26)31(23-25)48-36(44)38(4,5)50-33(41)27-14-10-7-11-15-27/h6-21,23,29H,22,39H2,1-5H3/t29-/m0/s1. The number of hydrogen-bond donors (Lipinski definition) is 1. The number of nitrogens with two attached hydrogens (primary N) is 1. The van der Waals surface area contributed by atoms with Crippen molar-refractivity contribution in [2.24, 2.45) is 5.73 Å². The number of esters is 4. The minimum atomic E-state index is -4.48. The summed E-state index contributed by atoms with van der Waals surface area (Å²) in [7, 11) is -4.48. The van der Waals surface area contributed by atoms with E-state index in [4.69, 9.17) is 28.9 Å². The summed E-state index contributed by atoms with van der Waals surface area (Å²) in [6.45, 7) is 6.95. The van der Waals surface area contributed by atoms with E-state index in [1.54, 1.807) is 43.3 Å². The van der Waals surface area contributed by atoms with Gasteiger partial charge in [-0.05, 0) is 95.1 Å². The first kappa shape index (κ1) is 38.9. The third kappa shape index (κ3) is 10.1. The van der Waals surface area contributed by atoms with Crippen molar-refractivity contribution in [2.75, 3.05) is 0 Å². The van der Waals surface area contributed by atoms with Gasteiger partial charge < -0.3 is 28.9 Å². The first-order valence-corrected chi connectivity index (χ1v) is 17.2. The SMILES string of the molecule is Cc1ccc(S(=O)(=O)OC(=O)[C@@H](N)Cc2ccc(OC(=O)C(C)(C)OC(=O)c3ccccc3)c(OC(=O)C(C)(C)OC(=O)c3ccccc3)c2)cc1. The fraction of sp³-hybridized carbons (Fsp3) is 0.237. The summed E-state index contributed by atoms with van der Waals surface area (Å²) >= 11 is 0. The van der Waals surface area contributed by atoms with E-state index >= 15 is 0 Å². The Balaban J connectivity index is 1.57. The van der Waals surface area contributed by atoms with Gasteiger partial charge in [0.15, 0.2) is 11.5 Å². The summed E-state index contributed by atoms with van der Waals surface area (Å²) in [5.74, 6) is -5.66. The molecule has 0 aliphatic heterocycles. The number of ether oxygens (including phenoxy) is 4. The summed E-state index contributed by atoms with van der Waals surface area (Å²) < 4.78 is 52.0. The number of carbonyl (C=O) groups is 5. The van der Waals surface area contributed by atoms with Crippen LogP contribution in [0.15, 0.2) is 108 Å². The predicted octanol–water partition coefficient (Wildman–Crippen LogP) is 4.88. The molecule has 4 aromatic rings. The van der Waals surface area contributed by atoms with Crippen LogP contribution in [0.2, 0.25) is 0 Å². The lowest BCUT2D eigenvalue weighted by Crippen LogP contribution is -2.41. The van der Waals surface area contributed by atoms with Gasteiger partial charge in [0.25, 0.3) is 0 Å². The van der Waals surface area contributed by atoms with Gasteiger partial charge in [0, 0.05) is 0 Å². The van der Waals surface area contributed by atoms with Gasteiger partial charge in [0.1, 0.15) is 10.9 Å². The topological polar surface area (TPSA) is 192 Å². The van der Waals surface area contributed by atoms with Crippen LogP contribution in [0.5, 0.6) is 11.5 Å². The van der Waals surface area contributed by atoms with E-state index in [1.165, 1.54) is 94.4 Å². The second kappa shape index (κ2) is 16.0. The summed E-state index contributed by atoms with van der Waals surface area (Å²) in [5, 5.41) is 0. The van der Waals surface area contributed by atoms with Crippen molar-refractivity contribution in [2.45, 2.75) is 63.2 Å². The molecule has 0 spiro atoms. The molecule has 2 N–H and O–H groups in total. The quantitative estimate of drug-likeness (QED) is 0.111. The van der Waals surface area contributed by atoms with Gasteiger partial charge in [-0.15, -0.1) is 0 Å². The maximum absolute atomic E-state index is 13.4. The Morgan fingerprint density at radius 2 is 1.12 bits per heavy atom. The molecule has 0 fully saturated rings. The maximum Gasteiger partial charge on any atom is 0.355 e. The molecule has 0 heterocycles. The van der Waals surface area contributed by atoms with Crippen molar-refractivity contribution >= 4 is 40.0 Å². The number of rotatable bonds is 13. The molecular formula is C38H37NO12S. The van der Waals surface area contributed by atoms with Crippen molar-refractivity contribution in [3.63, 3.8) is 0 Å². The number of hydrogen-bond acceptors (Lipinski definition) is 13. The molecule has 272 valence electrons. The van der Waals surface area contributed by atoms with Gasteiger partial charge in [0.2, 0.25) is 11.2 Å². The zero-order chi connectivity index (χ0) is 38.3. The van der Waals surface area contributed by atoms with E-state index in [1.807, 2.05) is 0 Å². The first-order valence-electron chi connectivity index (χ1n) is 15.8. The van der Waals surface area contributed by atoms with Crippen LogP contribution in [-0.4, -0.2) is 55.5 Å². The van der Waals surface area contributed by atoms with Crippen molar-refractivity contribution in [1.29, 1.82) is 0 Å². The summed E-state index contributed by atoms with van der Waals surface area (Å²) in [5.41, 5.74) is 3.73. The van der Waals surface area contributed by atoms with Crippen LogP contribution in [0.3, 0.4) is 0 Å². The Hall–Kier alpha value is -5.86. The highest BCUT2D eigenvalue weighted by Gasteiger charge is 2.38. The maximum atomic E-state index is 13.4. The lowest BCUT2D eigenvalue weighted by Gasteiger charge is -2.25. The fourth-order valence-corrected chi connectivity index (χ4v) is 5.27. The highest BCUT2D eigenvalue weighted by molar-refractivity contribution is 7.87. The second-order valence-corrected chi connectivity index (χ2v) is 14.1. The molecule has 0 amide bonds. The van der Waals surface area contributed by atoms with Gasteiger partial charge >= 0.3 is 40.0 Å².